The lowest BCUT2D eigenvalue weighted by molar-refractivity contribution is 0.0556. The zero-order chi connectivity index (χ0) is 20.8. The monoisotopic (exact) mass is 405 g/mol. The van der Waals surface area contributed by atoms with Crippen molar-refractivity contribution in [3.8, 4) is 5.75 Å². The fraction of sp³-hybridized carbons (Fsp3) is 0.400. The summed E-state index contributed by atoms with van der Waals surface area (Å²) in [7, 11) is 1.69. The molecule has 1 aromatic heterocycles. The molecule has 158 valence electrons. The number of aliphatic hydroxyl groups excluding tert-OH is 1. The van der Waals surface area contributed by atoms with E-state index in [1.54, 1.807) is 7.11 Å². The molecule has 0 amide bonds. The van der Waals surface area contributed by atoms with Crippen LogP contribution in [0.1, 0.15) is 17.7 Å². The highest BCUT2D eigenvalue weighted by atomic mass is 16.5. The summed E-state index contributed by atoms with van der Waals surface area (Å²) >= 11 is 0. The van der Waals surface area contributed by atoms with Crippen molar-refractivity contribution in [3.63, 3.8) is 0 Å². The molecule has 1 fully saturated rings. The molecular weight excluding hydrogens is 374 g/mol. The van der Waals surface area contributed by atoms with E-state index in [-0.39, 0.29) is 6.61 Å². The molecule has 1 atom stereocenters. The Morgan fingerprint density at radius 1 is 1.03 bits per heavy atom. The minimum atomic E-state index is 0.228. The smallest absolute Gasteiger partial charge is 0.145 e. The summed E-state index contributed by atoms with van der Waals surface area (Å²) in [4.78, 5) is 9.88. The van der Waals surface area contributed by atoms with Gasteiger partial charge in [0.05, 0.1) is 12.8 Å². The molecule has 0 spiro atoms. The fourth-order valence-corrected chi connectivity index (χ4v) is 4.38. The second-order valence-corrected chi connectivity index (χ2v) is 8.01. The van der Waals surface area contributed by atoms with Gasteiger partial charge in [-0.3, -0.25) is 9.80 Å². The average molecular weight is 406 g/mol. The van der Waals surface area contributed by atoms with E-state index in [4.69, 9.17) is 9.72 Å². The van der Waals surface area contributed by atoms with Crippen molar-refractivity contribution in [2.45, 2.75) is 25.4 Å². The number of piperazine rings is 1. The van der Waals surface area contributed by atoms with Crippen molar-refractivity contribution >= 4 is 10.9 Å². The maximum Gasteiger partial charge on any atom is 0.145 e. The van der Waals surface area contributed by atoms with Crippen LogP contribution >= 0.6 is 0 Å². The third kappa shape index (κ3) is 4.98. The van der Waals surface area contributed by atoms with Crippen LogP contribution in [0.25, 0.3) is 10.9 Å². The number of pyridine rings is 1. The number of para-hydroxylation sites is 1. The number of rotatable bonds is 8. The first kappa shape index (κ1) is 20.8. The minimum absolute atomic E-state index is 0.228. The van der Waals surface area contributed by atoms with Gasteiger partial charge < -0.3 is 9.84 Å². The van der Waals surface area contributed by atoms with E-state index in [2.05, 4.69) is 58.3 Å². The van der Waals surface area contributed by atoms with Crippen LogP contribution in [0.4, 0.5) is 0 Å². The van der Waals surface area contributed by atoms with Crippen LogP contribution < -0.4 is 4.74 Å². The standard InChI is InChI=1S/C25H31N3O2/c1-30-24-9-5-8-21-10-11-22(26-25(21)24)18-27-15-16-28(23(19-27)13-17-29)14-12-20-6-3-2-4-7-20/h2-11,23,29H,12-19H2,1H3. The van der Waals surface area contributed by atoms with Crippen LogP contribution in [0.15, 0.2) is 60.7 Å². The summed E-state index contributed by atoms with van der Waals surface area (Å²) in [6.45, 7) is 5.08. The predicted octanol–water partition coefficient (Wildman–Crippen LogP) is 3.35. The number of fused-ring (bicyclic) bond motifs is 1. The van der Waals surface area contributed by atoms with Crippen LogP contribution in [0.2, 0.25) is 0 Å². The van der Waals surface area contributed by atoms with Gasteiger partial charge in [0.2, 0.25) is 0 Å². The molecule has 30 heavy (non-hydrogen) atoms. The van der Waals surface area contributed by atoms with Gasteiger partial charge in [-0.2, -0.15) is 0 Å². The first-order valence-corrected chi connectivity index (χ1v) is 10.8. The molecule has 0 saturated carbocycles. The van der Waals surface area contributed by atoms with Gasteiger partial charge in [0.15, 0.2) is 0 Å². The lowest BCUT2D eigenvalue weighted by Crippen LogP contribution is -2.53. The third-order valence-corrected chi connectivity index (χ3v) is 6.03. The Morgan fingerprint density at radius 3 is 2.70 bits per heavy atom. The molecule has 1 aliphatic heterocycles. The molecule has 1 saturated heterocycles. The van der Waals surface area contributed by atoms with Gasteiger partial charge in [-0.1, -0.05) is 48.5 Å². The van der Waals surface area contributed by atoms with Gasteiger partial charge in [-0.25, -0.2) is 4.98 Å². The van der Waals surface area contributed by atoms with Crippen LogP contribution in [-0.4, -0.2) is 65.8 Å². The molecule has 3 aromatic rings. The zero-order valence-electron chi connectivity index (χ0n) is 17.7. The Bertz CT molecular complexity index is 948. The van der Waals surface area contributed by atoms with E-state index in [9.17, 15) is 5.11 Å². The molecule has 1 N–H and O–H groups in total. The van der Waals surface area contributed by atoms with E-state index in [0.717, 1.165) is 67.9 Å². The molecule has 0 radical (unpaired) electrons. The normalized spacial score (nSPS) is 18.0. The molecule has 1 aliphatic rings. The molecule has 5 nitrogen and oxygen atoms in total. The van der Waals surface area contributed by atoms with E-state index >= 15 is 0 Å². The summed E-state index contributed by atoms with van der Waals surface area (Å²) in [5.74, 6) is 0.818. The van der Waals surface area contributed by atoms with E-state index in [1.807, 2.05) is 12.1 Å². The Labute approximate surface area is 178 Å². The van der Waals surface area contributed by atoms with Crippen molar-refractivity contribution in [3.05, 3.63) is 71.9 Å². The van der Waals surface area contributed by atoms with Crippen LogP contribution in [0.3, 0.4) is 0 Å². The quantitative estimate of drug-likeness (QED) is 0.623. The van der Waals surface area contributed by atoms with E-state index < -0.39 is 0 Å². The summed E-state index contributed by atoms with van der Waals surface area (Å²) in [5, 5.41) is 10.7. The number of methoxy groups -OCH3 is 1. The highest BCUT2D eigenvalue weighted by Crippen LogP contribution is 2.24. The first-order valence-electron chi connectivity index (χ1n) is 10.8. The topological polar surface area (TPSA) is 48.8 Å². The molecule has 5 heteroatoms. The second kappa shape index (κ2) is 10.0. The van der Waals surface area contributed by atoms with Crippen molar-refractivity contribution in [1.82, 2.24) is 14.8 Å². The summed E-state index contributed by atoms with van der Waals surface area (Å²) in [5.41, 5.74) is 3.36. The SMILES string of the molecule is COc1cccc2ccc(CN3CCN(CCc4ccccc4)C(CCO)C3)nc12. The highest BCUT2D eigenvalue weighted by molar-refractivity contribution is 5.84. The number of nitrogens with zero attached hydrogens (tertiary/aromatic N) is 3. The van der Waals surface area contributed by atoms with Crippen molar-refractivity contribution in [1.29, 1.82) is 0 Å². The van der Waals surface area contributed by atoms with Crippen LogP contribution in [0, 0.1) is 0 Å². The van der Waals surface area contributed by atoms with Gasteiger partial charge in [0.25, 0.3) is 0 Å². The lowest BCUT2D eigenvalue weighted by atomic mass is 10.1. The Morgan fingerprint density at radius 2 is 1.90 bits per heavy atom. The van der Waals surface area contributed by atoms with Gasteiger partial charge >= 0.3 is 0 Å². The number of benzene rings is 2. The Hall–Kier alpha value is -2.47. The number of ether oxygens (including phenoxy) is 1. The molecule has 2 aromatic carbocycles. The van der Waals surface area contributed by atoms with Gasteiger partial charge in [0.1, 0.15) is 11.3 Å². The van der Waals surface area contributed by atoms with Crippen molar-refractivity contribution < 1.29 is 9.84 Å². The van der Waals surface area contributed by atoms with E-state index in [1.165, 1.54) is 5.56 Å². The fourth-order valence-electron chi connectivity index (χ4n) is 4.38. The van der Waals surface area contributed by atoms with Gasteiger partial charge in [-0.15, -0.1) is 0 Å². The Balaban J connectivity index is 1.40. The number of aromatic nitrogens is 1. The summed E-state index contributed by atoms with van der Waals surface area (Å²) in [6.07, 6.45) is 1.86. The maximum atomic E-state index is 9.60. The Kier molecular flexibility index (Phi) is 6.95. The lowest BCUT2D eigenvalue weighted by Gasteiger charge is -2.41. The van der Waals surface area contributed by atoms with Crippen molar-refractivity contribution in [2.75, 3.05) is 39.9 Å². The highest BCUT2D eigenvalue weighted by Gasteiger charge is 2.26. The third-order valence-electron chi connectivity index (χ3n) is 6.03. The summed E-state index contributed by atoms with van der Waals surface area (Å²) in [6, 6.07) is 21.3. The largest absolute Gasteiger partial charge is 0.494 e. The molecule has 1 unspecified atom stereocenters. The zero-order valence-corrected chi connectivity index (χ0v) is 17.7. The van der Waals surface area contributed by atoms with Gasteiger partial charge in [-0.05, 0) is 30.5 Å². The van der Waals surface area contributed by atoms with Crippen molar-refractivity contribution in [2.24, 2.45) is 0 Å². The second-order valence-electron chi connectivity index (χ2n) is 8.01. The van der Waals surface area contributed by atoms with Gasteiger partial charge in [0, 0.05) is 50.8 Å². The predicted molar refractivity (Wildman–Crippen MR) is 121 cm³/mol. The molecular formula is C25H31N3O2. The molecule has 4 rings (SSSR count). The average Bonchev–Trinajstić information content (AvgIpc) is 2.79. The number of hydrogen-bond donors (Lipinski definition) is 1. The van der Waals surface area contributed by atoms with E-state index in [0.29, 0.717) is 6.04 Å². The number of aliphatic hydroxyl groups is 1. The maximum absolute atomic E-state index is 9.60. The minimum Gasteiger partial charge on any atom is -0.494 e. The van der Waals surface area contributed by atoms with Crippen LogP contribution in [0.5, 0.6) is 5.75 Å². The molecule has 0 bridgehead atoms. The molecule has 0 aliphatic carbocycles. The van der Waals surface area contributed by atoms with Crippen LogP contribution in [-0.2, 0) is 13.0 Å². The summed E-state index contributed by atoms with van der Waals surface area (Å²) < 4.78 is 5.49. The first-order chi connectivity index (χ1) is 14.8. The molecule has 2 heterocycles. The number of hydrogen-bond acceptors (Lipinski definition) is 5.